The van der Waals surface area contributed by atoms with E-state index in [1.54, 1.807) is 0 Å². The Labute approximate surface area is 152 Å². The standard InChI is InChI=1S/C21H33NOS/c1-20(2,3)19(23)18-10-8-17(9-11-18)16-21(4,5)24-15-14-22-12-6-7-13-22/h8-11H,6-7,12-16H2,1-5H3. The van der Waals surface area contributed by atoms with E-state index in [9.17, 15) is 4.79 Å². The van der Waals surface area contributed by atoms with Gasteiger partial charge < -0.3 is 4.90 Å². The van der Waals surface area contributed by atoms with E-state index in [1.165, 1.54) is 43.8 Å². The first-order valence-corrected chi connectivity index (χ1v) is 10.2. The van der Waals surface area contributed by atoms with E-state index in [0.717, 1.165) is 12.0 Å². The zero-order valence-electron chi connectivity index (χ0n) is 16.0. The second-order valence-corrected chi connectivity index (χ2v) is 10.4. The van der Waals surface area contributed by atoms with Crippen LogP contribution < -0.4 is 0 Å². The SMILES string of the molecule is CC(C)(Cc1ccc(C(=O)C(C)(C)C)cc1)SCCN1CCCC1. The number of hydrogen-bond donors (Lipinski definition) is 0. The molecule has 0 N–H and O–H groups in total. The van der Waals surface area contributed by atoms with Gasteiger partial charge in [0.25, 0.3) is 0 Å². The predicted octanol–water partition coefficient (Wildman–Crippen LogP) is 5.07. The average molecular weight is 348 g/mol. The number of likely N-dealkylation sites (tertiary alicyclic amines) is 1. The van der Waals surface area contributed by atoms with Crippen LogP contribution >= 0.6 is 11.8 Å². The van der Waals surface area contributed by atoms with Crippen LogP contribution in [0.25, 0.3) is 0 Å². The molecule has 2 nitrogen and oxygen atoms in total. The Kier molecular flexibility index (Phi) is 6.55. The summed E-state index contributed by atoms with van der Waals surface area (Å²) in [5.41, 5.74) is 1.83. The maximum absolute atomic E-state index is 12.3. The smallest absolute Gasteiger partial charge is 0.168 e. The molecule has 0 unspecified atom stereocenters. The summed E-state index contributed by atoms with van der Waals surface area (Å²) >= 11 is 2.07. The minimum Gasteiger partial charge on any atom is -0.303 e. The van der Waals surface area contributed by atoms with Gasteiger partial charge in [0.05, 0.1) is 0 Å². The van der Waals surface area contributed by atoms with E-state index in [1.807, 2.05) is 32.9 Å². The number of carbonyl (C=O) groups is 1. The normalized spacial score (nSPS) is 16.5. The molecule has 24 heavy (non-hydrogen) atoms. The van der Waals surface area contributed by atoms with Crippen LogP contribution in [0.2, 0.25) is 0 Å². The van der Waals surface area contributed by atoms with E-state index in [2.05, 4.69) is 42.6 Å². The van der Waals surface area contributed by atoms with Gasteiger partial charge in [-0.2, -0.15) is 11.8 Å². The van der Waals surface area contributed by atoms with Crippen LogP contribution in [0.4, 0.5) is 0 Å². The molecule has 1 aliphatic rings. The van der Waals surface area contributed by atoms with E-state index in [4.69, 9.17) is 0 Å². The van der Waals surface area contributed by atoms with Crippen LogP contribution in [0.3, 0.4) is 0 Å². The molecule has 0 aromatic heterocycles. The lowest BCUT2D eigenvalue weighted by Crippen LogP contribution is -2.26. The molecule has 0 saturated carbocycles. The lowest BCUT2D eigenvalue weighted by molar-refractivity contribution is 0.0858. The van der Waals surface area contributed by atoms with Crippen molar-refractivity contribution in [3.05, 3.63) is 35.4 Å². The summed E-state index contributed by atoms with van der Waals surface area (Å²) in [7, 11) is 0. The molecule has 0 bridgehead atoms. The van der Waals surface area contributed by atoms with E-state index >= 15 is 0 Å². The number of benzene rings is 1. The molecule has 0 aliphatic carbocycles. The monoisotopic (exact) mass is 347 g/mol. The largest absolute Gasteiger partial charge is 0.303 e. The van der Waals surface area contributed by atoms with Crippen molar-refractivity contribution >= 4 is 17.5 Å². The van der Waals surface area contributed by atoms with E-state index in [-0.39, 0.29) is 15.9 Å². The molecule has 3 heteroatoms. The number of ketones is 1. The molecule has 0 radical (unpaired) electrons. The Morgan fingerprint density at radius 3 is 2.17 bits per heavy atom. The first-order chi connectivity index (χ1) is 11.2. The summed E-state index contributed by atoms with van der Waals surface area (Å²) in [6.07, 6.45) is 3.78. The number of rotatable bonds is 7. The molecule has 1 saturated heterocycles. The zero-order chi connectivity index (χ0) is 17.8. The quantitative estimate of drug-likeness (QED) is 0.643. The Morgan fingerprint density at radius 2 is 1.62 bits per heavy atom. The van der Waals surface area contributed by atoms with Gasteiger partial charge in [0.2, 0.25) is 0 Å². The van der Waals surface area contributed by atoms with Crippen molar-refractivity contribution in [1.82, 2.24) is 4.90 Å². The lowest BCUT2D eigenvalue weighted by Gasteiger charge is -2.26. The third kappa shape index (κ3) is 5.93. The fraction of sp³-hybridized carbons (Fsp3) is 0.667. The molecule has 134 valence electrons. The van der Waals surface area contributed by atoms with Gasteiger partial charge in [-0.1, -0.05) is 58.9 Å². The van der Waals surface area contributed by atoms with Gasteiger partial charge in [-0.05, 0) is 37.9 Å². The number of thioether (sulfide) groups is 1. The Balaban J connectivity index is 1.85. The van der Waals surface area contributed by atoms with Crippen molar-refractivity contribution < 1.29 is 4.79 Å². The highest BCUT2D eigenvalue weighted by atomic mass is 32.2. The number of hydrogen-bond acceptors (Lipinski definition) is 3. The van der Waals surface area contributed by atoms with Crippen molar-refractivity contribution in [2.24, 2.45) is 5.41 Å². The topological polar surface area (TPSA) is 20.3 Å². The average Bonchev–Trinajstić information content (AvgIpc) is 2.99. The van der Waals surface area contributed by atoms with Gasteiger partial charge in [-0.25, -0.2) is 0 Å². The molecular weight excluding hydrogens is 314 g/mol. The van der Waals surface area contributed by atoms with Crippen molar-refractivity contribution in [3.8, 4) is 0 Å². The summed E-state index contributed by atoms with van der Waals surface area (Å²) in [5.74, 6) is 1.42. The van der Waals surface area contributed by atoms with Gasteiger partial charge in [0, 0.05) is 28.0 Å². The van der Waals surface area contributed by atoms with Gasteiger partial charge in [0.15, 0.2) is 5.78 Å². The van der Waals surface area contributed by atoms with Crippen molar-refractivity contribution in [2.45, 2.75) is 58.6 Å². The van der Waals surface area contributed by atoms with Gasteiger partial charge in [0.1, 0.15) is 0 Å². The molecule has 1 fully saturated rings. The fourth-order valence-electron chi connectivity index (χ4n) is 3.21. The van der Waals surface area contributed by atoms with Crippen molar-refractivity contribution in [1.29, 1.82) is 0 Å². The fourth-order valence-corrected chi connectivity index (χ4v) is 4.38. The first-order valence-electron chi connectivity index (χ1n) is 9.17. The zero-order valence-corrected chi connectivity index (χ0v) is 16.8. The van der Waals surface area contributed by atoms with Crippen molar-refractivity contribution in [3.63, 3.8) is 0 Å². The molecule has 0 amide bonds. The van der Waals surface area contributed by atoms with Crippen molar-refractivity contribution in [2.75, 3.05) is 25.4 Å². The second kappa shape index (κ2) is 8.05. The summed E-state index contributed by atoms with van der Waals surface area (Å²) in [4.78, 5) is 14.9. The molecular formula is C21H33NOS. The summed E-state index contributed by atoms with van der Waals surface area (Å²) < 4.78 is 0.231. The molecule has 0 atom stereocenters. The van der Waals surface area contributed by atoms with Crippen LogP contribution in [0.5, 0.6) is 0 Å². The van der Waals surface area contributed by atoms with Crippen LogP contribution in [0, 0.1) is 5.41 Å². The highest BCUT2D eigenvalue weighted by Gasteiger charge is 2.24. The maximum atomic E-state index is 12.3. The Hall–Kier alpha value is -0.800. The lowest BCUT2D eigenvalue weighted by atomic mass is 9.86. The molecule has 2 rings (SSSR count). The minimum atomic E-state index is -0.313. The minimum absolute atomic E-state index is 0.216. The summed E-state index contributed by atoms with van der Waals surface area (Å²) in [5, 5.41) is 0. The van der Waals surface area contributed by atoms with Crippen LogP contribution in [0.15, 0.2) is 24.3 Å². The van der Waals surface area contributed by atoms with Crippen LogP contribution in [-0.4, -0.2) is 40.8 Å². The van der Waals surface area contributed by atoms with Gasteiger partial charge in [-0.3, -0.25) is 4.79 Å². The molecule has 1 heterocycles. The predicted molar refractivity (Wildman–Crippen MR) is 106 cm³/mol. The molecule has 0 spiro atoms. The number of carbonyl (C=O) groups excluding carboxylic acids is 1. The van der Waals surface area contributed by atoms with E-state index < -0.39 is 0 Å². The highest BCUT2D eigenvalue weighted by Crippen LogP contribution is 2.29. The Morgan fingerprint density at radius 1 is 1.04 bits per heavy atom. The third-order valence-electron chi connectivity index (χ3n) is 4.63. The van der Waals surface area contributed by atoms with Gasteiger partial charge in [-0.15, -0.1) is 0 Å². The number of Topliss-reactive ketones (excluding diaryl/α,β-unsaturated/α-hetero) is 1. The van der Waals surface area contributed by atoms with Crippen LogP contribution in [-0.2, 0) is 6.42 Å². The molecule has 1 aromatic rings. The summed E-state index contributed by atoms with van der Waals surface area (Å²) in [6, 6.07) is 8.24. The second-order valence-electron chi connectivity index (χ2n) is 8.61. The third-order valence-corrected chi connectivity index (χ3v) is 5.94. The molecule has 1 aliphatic heterocycles. The summed E-state index contributed by atoms with van der Waals surface area (Å²) in [6.45, 7) is 14.4. The van der Waals surface area contributed by atoms with E-state index in [0.29, 0.717) is 0 Å². The maximum Gasteiger partial charge on any atom is 0.168 e. The van der Waals surface area contributed by atoms with Crippen LogP contribution in [0.1, 0.15) is 63.4 Å². The highest BCUT2D eigenvalue weighted by molar-refractivity contribution is 8.00. The molecule has 1 aromatic carbocycles. The Bertz CT molecular complexity index is 536. The number of nitrogens with zero attached hydrogens (tertiary/aromatic N) is 1. The van der Waals surface area contributed by atoms with Gasteiger partial charge >= 0.3 is 0 Å². The first kappa shape index (κ1) is 19.5.